The summed E-state index contributed by atoms with van der Waals surface area (Å²) < 4.78 is 0.740. The fourth-order valence-electron chi connectivity index (χ4n) is 0.723. The minimum absolute atomic E-state index is 0.216. The molecule has 0 aliphatic heterocycles. The molecular weight excluding hydrogens is 234 g/mol. The molecule has 0 fully saturated rings. The molecule has 1 aromatic rings. The van der Waals surface area contributed by atoms with Crippen molar-refractivity contribution in [2.45, 2.75) is 13.0 Å². The summed E-state index contributed by atoms with van der Waals surface area (Å²) in [6, 6.07) is 1.18. The normalized spacial score (nSPS) is 12.2. The second kappa shape index (κ2) is 4.34. The van der Waals surface area contributed by atoms with Crippen LogP contribution in [-0.4, -0.2) is 16.9 Å². The summed E-state index contributed by atoms with van der Waals surface area (Å²) in [6.45, 7) is 1.63. The van der Waals surface area contributed by atoms with Crippen LogP contribution in [0.2, 0.25) is 0 Å². The van der Waals surface area contributed by atoms with Crippen molar-refractivity contribution in [2.24, 2.45) is 5.73 Å². The van der Waals surface area contributed by atoms with Crippen LogP contribution in [0.4, 0.5) is 5.69 Å². The Morgan fingerprint density at radius 1 is 1.77 bits per heavy atom. The van der Waals surface area contributed by atoms with Crippen LogP contribution >= 0.6 is 15.9 Å². The summed E-state index contributed by atoms with van der Waals surface area (Å²) in [6.07, 6.45) is 3.21. The van der Waals surface area contributed by atoms with Gasteiger partial charge in [-0.25, -0.2) is 0 Å². The smallest absolute Gasteiger partial charge is 0.241 e. The molecule has 1 rings (SSSR count). The number of aromatic nitrogens is 1. The summed E-state index contributed by atoms with van der Waals surface area (Å²) in [5.74, 6) is -0.216. The highest BCUT2D eigenvalue weighted by Crippen LogP contribution is 2.19. The van der Waals surface area contributed by atoms with E-state index in [1.165, 1.54) is 0 Å². The van der Waals surface area contributed by atoms with Gasteiger partial charge in [0, 0.05) is 12.4 Å². The van der Waals surface area contributed by atoms with Crippen molar-refractivity contribution < 1.29 is 4.79 Å². The number of nitrogens with two attached hydrogens (primary N) is 1. The Morgan fingerprint density at radius 3 is 3.00 bits per heavy atom. The Morgan fingerprint density at radius 2 is 2.46 bits per heavy atom. The van der Waals surface area contributed by atoms with E-state index in [9.17, 15) is 4.79 Å². The molecule has 0 spiro atoms. The van der Waals surface area contributed by atoms with Crippen LogP contribution in [0.25, 0.3) is 0 Å². The number of carbonyl (C=O) groups is 1. The van der Waals surface area contributed by atoms with E-state index in [1.54, 1.807) is 25.4 Å². The molecule has 3 N–H and O–H groups in total. The molecule has 1 amide bonds. The number of halogens is 1. The lowest BCUT2D eigenvalue weighted by Gasteiger charge is -2.08. The maximum Gasteiger partial charge on any atom is 0.241 e. The average molecular weight is 244 g/mol. The largest absolute Gasteiger partial charge is 0.324 e. The quantitative estimate of drug-likeness (QED) is 0.819. The highest BCUT2D eigenvalue weighted by molar-refractivity contribution is 9.10. The molecule has 70 valence electrons. The van der Waals surface area contributed by atoms with Crippen molar-refractivity contribution in [3.8, 4) is 0 Å². The molecule has 0 bridgehead atoms. The van der Waals surface area contributed by atoms with Gasteiger partial charge in [0.05, 0.1) is 16.2 Å². The lowest BCUT2D eigenvalue weighted by atomic mass is 10.3. The van der Waals surface area contributed by atoms with E-state index in [2.05, 4.69) is 26.2 Å². The van der Waals surface area contributed by atoms with Crippen LogP contribution in [-0.2, 0) is 4.79 Å². The molecule has 0 unspecified atom stereocenters. The van der Waals surface area contributed by atoms with Crippen molar-refractivity contribution in [3.63, 3.8) is 0 Å². The second-order valence-corrected chi connectivity index (χ2v) is 3.49. The Kier molecular flexibility index (Phi) is 3.39. The summed E-state index contributed by atoms with van der Waals surface area (Å²) in [5.41, 5.74) is 6.07. The molecular formula is C8H10BrN3O. The van der Waals surface area contributed by atoms with Crippen molar-refractivity contribution in [1.82, 2.24) is 4.98 Å². The first kappa shape index (κ1) is 10.1. The van der Waals surface area contributed by atoms with Crippen molar-refractivity contribution >= 4 is 27.5 Å². The van der Waals surface area contributed by atoms with Gasteiger partial charge in [-0.3, -0.25) is 9.78 Å². The molecule has 0 aliphatic carbocycles. The number of anilines is 1. The number of carbonyl (C=O) groups excluding carboxylic acids is 1. The highest BCUT2D eigenvalue weighted by atomic mass is 79.9. The number of nitrogens with zero attached hydrogens (tertiary/aromatic N) is 1. The molecule has 0 radical (unpaired) electrons. The molecule has 4 nitrogen and oxygen atoms in total. The van der Waals surface area contributed by atoms with Crippen LogP contribution in [0.15, 0.2) is 22.9 Å². The van der Waals surface area contributed by atoms with Crippen molar-refractivity contribution in [3.05, 3.63) is 22.9 Å². The number of nitrogens with one attached hydrogen (secondary N) is 1. The highest BCUT2D eigenvalue weighted by Gasteiger charge is 2.08. The molecule has 0 saturated carbocycles. The van der Waals surface area contributed by atoms with Crippen LogP contribution in [0.5, 0.6) is 0 Å². The van der Waals surface area contributed by atoms with Crippen molar-refractivity contribution in [1.29, 1.82) is 0 Å². The van der Waals surface area contributed by atoms with E-state index in [0.29, 0.717) is 5.69 Å². The minimum atomic E-state index is -0.514. The number of hydrogen-bond donors (Lipinski definition) is 2. The predicted molar refractivity (Wildman–Crippen MR) is 54.2 cm³/mol. The SMILES string of the molecule is C[C@H](N)C(=O)Nc1ccncc1Br. The molecule has 1 atom stereocenters. The van der Waals surface area contributed by atoms with Gasteiger partial charge >= 0.3 is 0 Å². The lowest BCUT2D eigenvalue weighted by molar-refractivity contribution is -0.117. The standard InChI is InChI=1S/C8H10BrN3O/c1-5(10)8(13)12-7-2-3-11-4-6(7)9/h2-5H,10H2,1H3,(H,11,12,13)/t5-/m0/s1. The topological polar surface area (TPSA) is 68.0 Å². The third kappa shape index (κ3) is 2.78. The summed E-state index contributed by atoms with van der Waals surface area (Å²) in [7, 11) is 0. The third-order valence-corrected chi connectivity index (χ3v) is 2.08. The molecule has 5 heteroatoms. The fourth-order valence-corrected chi connectivity index (χ4v) is 1.07. The number of pyridine rings is 1. The second-order valence-electron chi connectivity index (χ2n) is 2.63. The van der Waals surface area contributed by atoms with E-state index in [1.807, 2.05) is 0 Å². The average Bonchev–Trinajstić information content (AvgIpc) is 2.08. The monoisotopic (exact) mass is 243 g/mol. The van der Waals surface area contributed by atoms with E-state index in [-0.39, 0.29) is 5.91 Å². The molecule has 1 aromatic heterocycles. The van der Waals surface area contributed by atoms with Gasteiger partial charge in [0.2, 0.25) is 5.91 Å². The zero-order chi connectivity index (χ0) is 9.84. The first-order chi connectivity index (χ1) is 6.11. The Hall–Kier alpha value is -0.940. The predicted octanol–water partition coefficient (Wildman–Crippen LogP) is 1.13. The Bertz CT molecular complexity index is 314. The molecule has 1 heterocycles. The number of hydrogen-bond acceptors (Lipinski definition) is 3. The number of rotatable bonds is 2. The van der Waals surface area contributed by atoms with Crippen molar-refractivity contribution in [2.75, 3.05) is 5.32 Å². The van der Waals surface area contributed by atoms with Crippen LogP contribution in [0.3, 0.4) is 0 Å². The molecule has 0 aliphatic rings. The minimum Gasteiger partial charge on any atom is -0.324 e. The lowest BCUT2D eigenvalue weighted by Crippen LogP contribution is -2.32. The van der Waals surface area contributed by atoms with E-state index in [4.69, 9.17) is 5.73 Å². The number of amides is 1. The summed E-state index contributed by atoms with van der Waals surface area (Å²) in [5, 5.41) is 2.66. The van der Waals surface area contributed by atoms with Crippen LogP contribution in [0, 0.1) is 0 Å². The molecule has 0 saturated heterocycles. The van der Waals surface area contributed by atoms with Crippen LogP contribution < -0.4 is 11.1 Å². The molecule has 13 heavy (non-hydrogen) atoms. The third-order valence-electron chi connectivity index (χ3n) is 1.44. The van der Waals surface area contributed by atoms with Gasteiger partial charge in [-0.2, -0.15) is 0 Å². The molecule has 0 aromatic carbocycles. The van der Waals surface area contributed by atoms with Gasteiger partial charge in [-0.15, -0.1) is 0 Å². The van der Waals surface area contributed by atoms with Gasteiger partial charge < -0.3 is 11.1 Å². The maximum absolute atomic E-state index is 11.2. The fraction of sp³-hybridized carbons (Fsp3) is 0.250. The Balaban J connectivity index is 2.75. The zero-order valence-corrected chi connectivity index (χ0v) is 8.71. The first-order valence-electron chi connectivity index (χ1n) is 3.77. The van der Waals surface area contributed by atoms with E-state index in [0.717, 1.165) is 4.47 Å². The Labute approximate surface area is 84.7 Å². The maximum atomic E-state index is 11.2. The summed E-state index contributed by atoms with van der Waals surface area (Å²) >= 11 is 3.26. The van der Waals surface area contributed by atoms with Gasteiger partial charge in [0.1, 0.15) is 0 Å². The van der Waals surface area contributed by atoms with E-state index >= 15 is 0 Å². The van der Waals surface area contributed by atoms with Crippen LogP contribution in [0.1, 0.15) is 6.92 Å². The first-order valence-corrected chi connectivity index (χ1v) is 4.56. The van der Waals surface area contributed by atoms with Gasteiger partial charge in [-0.1, -0.05) is 0 Å². The van der Waals surface area contributed by atoms with Gasteiger partial charge in [-0.05, 0) is 28.9 Å². The zero-order valence-electron chi connectivity index (χ0n) is 7.12. The van der Waals surface area contributed by atoms with E-state index < -0.39 is 6.04 Å². The summed E-state index contributed by atoms with van der Waals surface area (Å²) in [4.78, 5) is 15.1. The van der Waals surface area contributed by atoms with Gasteiger partial charge in [0.25, 0.3) is 0 Å². The van der Waals surface area contributed by atoms with Gasteiger partial charge in [0.15, 0.2) is 0 Å².